The first-order valence-electron chi connectivity index (χ1n) is 11.8. The Morgan fingerprint density at radius 3 is 1.45 bits per heavy atom. The maximum atomic E-state index is 9.57. The lowest BCUT2D eigenvalue weighted by Gasteiger charge is -2.41. The number of hydrogen-bond donors (Lipinski definition) is 0. The van der Waals surface area contributed by atoms with Crippen LogP contribution in [0.25, 0.3) is 0 Å². The van der Waals surface area contributed by atoms with Crippen LogP contribution in [-0.2, 0) is 0 Å². The van der Waals surface area contributed by atoms with Gasteiger partial charge in [0.15, 0.2) is 5.57 Å². The van der Waals surface area contributed by atoms with Gasteiger partial charge < -0.3 is 19.6 Å². The third-order valence-corrected chi connectivity index (χ3v) is 6.60. The fraction of sp³-hybridized carbons (Fsp3) is 0.826. The van der Waals surface area contributed by atoms with Crippen molar-refractivity contribution >= 4 is 0 Å². The molecule has 29 heavy (non-hydrogen) atoms. The minimum absolute atomic E-state index is 0.292. The monoisotopic (exact) mass is 398 g/mol. The van der Waals surface area contributed by atoms with Gasteiger partial charge >= 0.3 is 0 Å². The molecule has 6 heteroatoms. The van der Waals surface area contributed by atoms with E-state index in [-0.39, 0.29) is 0 Å². The van der Waals surface area contributed by atoms with E-state index in [4.69, 9.17) is 0 Å². The fourth-order valence-electron chi connectivity index (χ4n) is 5.08. The summed E-state index contributed by atoms with van der Waals surface area (Å²) in [5, 5.41) is 19.1. The van der Waals surface area contributed by atoms with Crippen LogP contribution in [0.1, 0.15) is 57.8 Å². The molecule has 3 rings (SSSR count). The molecular weight excluding hydrogens is 360 g/mol. The molecule has 3 fully saturated rings. The van der Waals surface area contributed by atoms with Crippen molar-refractivity contribution in [2.45, 2.75) is 57.8 Å². The summed E-state index contributed by atoms with van der Waals surface area (Å²) in [5.74, 6) is 0.901. The van der Waals surface area contributed by atoms with Gasteiger partial charge in [-0.25, -0.2) is 0 Å². The van der Waals surface area contributed by atoms with Gasteiger partial charge in [0.05, 0.1) is 0 Å². The molecule has 0 aromatic rings. The van der Waals surface area contributed by atoms with E-state index in [0.29, 0.717) is 5.57 Å². The van der Waals surface area contributed by atoms with Crippen LogP contribution in [0.2, 0.25) is 0 Å². The van der Waals surface area contributed by atoms with E-state index in [0.717, 1.165) is 64.4 Å². The summed E-state index contributed by atoms with van der Waals surface area (Å²) in [6, 6.07) is 4.35. The maximum Gasteiger partial charge on any atom is 0.169 e. The van der Waals surface area contributed by atoms with Crippen LogP contribution in [0, 0.1) is 22.7 Å². The second kappa shape index (κ2) is 12.1. The van der Waals surface area contributed by atoms with Crippen LogP contribution in [-0.4, -0.2) is 85.0 Å². The molecule has 0 radical (unpaired) electrons. The van der Waals surface area contributed by atoms with Crippen molar-refractivity contribution in [1.29, 1.82) is 10.5 Å². The van der Waals surface area contributed by atoms with Gasteiger partial charge in [-0.3, -0.25) is 0 Å². The third kappa shape index (κ3) is 6.63. The smallest absolute Gasteiger partial charge is 0.169 e. The molecular formula is C23H38N6. The van der Waals surface area contributed by atoms with Crippen molar-refractivity contribution in [3.63, 3.8) is 0 Å². The average Bonchev–Trinajstić information content (AvgIpc) is 2.77. The zero-order valence-electron chi connectivity index (χ0n) is 18.1. The Morgan fingerprint density at radius 1 is 0.586 bits per heavy atom. The second-order valence-corrected chi connectivity index (χ2v) is 8.76. The first-order chi connectivity index (χ1) is 14.3. The third-order valence-electron chi connectivity index (χ3n) is 6.60. The first-order valence-corrected chi connectivity index (χ1v) is 11.8. The van der Waals surface area contributed by atoms with E-state index >= 15 is 0 Å². The SMILES string of the molecule is N#CC(C#N)=C1N(CCCN2CCCCC2)CCCN1CCCN1CCCCC1. The molecule has 6 nitrogen and oxygen atoms in total. The number of rotatable bonds is 8. The Morgan fingerprint density at radius 2 is 1.03 bits per heavy atom. The lowest BCUT2D eigenvalue weighted by molar-refractivity contribution is 0.138. The predicted molar refractivity (Wildman–Crippen MR) is 116 cm³/mol. The van der Waals surface area contributed by atoms with Crippen molar-refractivity contribution in [2.75, 3.05) is 65.4 Å². The summed E-state index contributed by atoms with van der Waals surface area (Å²) >= 11 is 0. The Kier molecular flexibility index (Phi) is 9.12. The van der Waals surface area contributed by atoms with Crippen LogP contribution < -0.4 is 0 Å². The molecule has 0 aromatic carbocycles. The zero-order valence-corrected chi connectivity index (χ0v) is 18.1. The summed E-state index contributed by atoms with van der Waals surface area (Å²) in [6.07, 6.45) is 11.4. The van der Waals surface area contributed by atoms with Crippen molar-refractivity contribution in [3.05, 3.63) is 11.4 Å². The molecule has 3 aliphatic rings. The minimum atomic E-state index is 0.292. The highest BCUT2D eigenvalue weighted by atomic mass is 15.4. The van der Waals surface area contributed by atoms with Crippen molar-refractivity contribution in [1.82, 2.24) is 19.6 Å². The molecule has 0 bridgehead atoms. The number of nitriles is 2. The average molecular weight is 399 g/mol. The van der Waals surface area contributed by atoms with Crippen LogP contribution in [0.4, 0.5) is 0 Å². The number of hydrogen-bond acceptors (Lipinski definition) is 6. The van der Waals surface area contributed by atoms with E-state index in [1.807, 2.05) is 0 Å². The van der Waals surface area contributed by atoms with E-state index in [9.17, 15) is 10.5 Å². The standard InChI is InChI=1S/C23H38N6/c24-20-22(21-25)23-28(16-7-14-26-10-3-1-4-11-26)18-9-19-29(23)17-8-15-27-12-5-2-6-13-27/h1-19H2. The summed E-state index contributed by atoms with van der Waals surface area (Å²) in [6.45, 7) is 11.0. The van der Waals surface area contributed by atoms with Crippen LogP contribution in [0.15, 0.2) is 11.4 Å². The van der Waals surface area contributed by atoms with E-state index < -0.39 is 0 Å². The fourth-order valence-corrected chi connectivity index (χ4v) is 5.08. The molecule has 0 unspecified atom stereocenters. The largest absolute Gasteiger partial charge is 0.356 e. The van der Waals surface area contributed by atoms with E-state index in [1.54, 1.807) is 0 Å². The van der Waals surface area contributed by atoms with E-state index in [1.165, 1.54) is 64.7 Å². The topological polar surface area (TPSA) is 60.5 Å². The molecule has 3 saturated heterocycles. The van der Waals surface area contributed by atoms with Crippen molar-refractivity contribution in [3.8, 4) is 12.1 Å². The molecule has 160 valence electrons. The molecule has 0 saturated carbocycles. The highest BCUT2D eigenvalue weighted by Crippen LogP contribution is 2.23. The molecule has 3 aliphatic heterocycles. The highest BCUT2D eigenvalue weighted by Gasteiger charge is 2.26. The van der Waals surface area contributed by atoms with Gasteiger partial charge in [-0.2, -0.15) is 10.5 Å². The summed E-state index contributed by atoms with van der Waals surface area (Å²) in [4.78, 5) is 9.78. The molecule has 0 aromatic heterocycles. The van der Waals surface area contributed by atoms with Gasteiger partial charge in [0.25, 0.3) is 0 Å². The number of nitrogens with zero attached hydrogens (tertiary/aromatic N) is 6. The van der Waals surface area contributed by atoms with Gasteiger partial charge in [-0.15, -0.1) is 0 Å². The number of allylic oxidation sites excluding steroid dienone is 1. The molecule has 0 N–H and O–H groups in total. The van der Waals surface area contributed by atoms with Crippen molar-refractivity contribution < 1.29 is 0 Å². The molecule has 0 atom stereocenters. The van der Waals surface area contributed by atoms with Gasteiger partial charge in [-0.05, 0) is 84.2 Å². The first kappa shape index (κ1) is 21.9. The Balaban J connectivity index is 1.54. The number of likely N-dealkylation sites (tertiary alicyclic amines) is 2. The zero-order chi connectivity index (χ0) is 20.3. The van der Waals surface area contributed by atoms with Crippen LogP contribution in [0.3, 0.4) is 0 Å². The Labute approximate surface area is 177 Å². The van der Waals surface area contributed by atoms with E-state index in [2.05, 4.69) is 31.7 Å². The second-order valence-electron chi connectivity index (χ2n) is 8.76. The minimum Gasteiger partial charge on any atom is -0.356 e. The summed E-state index contributed by atoms with van der Waals surface area (Å²) in [7, 11) is 0. The van der Waals surface area contributed by atoms with Crippen molar-refractivity contribution in [2.24, 2.45) is 0 Å². The lowest BCUT2D eigenvalue weighted by Crippen LogP contribution is -2.45. The van der Waals surface area contributed by atoms with Gasteiger partial charge in [-0.1, -0.05) is 12.8 Å². The van der Waals surface area contributed by atoms with Crippen LogP contribution in [0.5, 0.6) is 0 Å². The molecule has 0 amide bonds. The normalized spacial score (nSPS) is 21.7. The van der Waals surface area contributed by atoms with Gasteiger partial charge in [0.2, 0.25) is 0 Å². The van der Waals surface area contributed by atoms with Gasteiger partial charge in [0.1, 0.15) is 18.0 Å². The number of piperidine rings is 2. The quantitative estimate of drug-likeness (QED) is 0.586. The van der Waals surface area contributed by atoms with Crippen LogP contribution >= 0.6 is 0 Å². The Hall–Kier alpha value is -1.76. The summed E-state index contributed by atoms with van der Waals surface area (Å²) < 4.78 is 0. The Bertz CT molecular complexity index is 554. The summed E-state index contributed by atoms with van der Waals surface area (Å²) in [5.41, 5.74) is 0.292. The molecule has 3 heterocycles. The lowest BCUT2D eigenvalue weighted by atomic mass is 10.1. The highest BCUT2D eigenvalue weighted by molar-refractivity contribution is 5.39. The predicted octanol–water partition coefficient (Wildman–Crippen LogP) is 3.00. The molecule has 0 spiro atoms. The maximum absolute atomic E-state index is 9.57. The van der Waals surface area contributed by atoms with Gasteiger partial charge in [0, 0.05) is 26.2 Å². The molecule has 0 aliphatic carbocycles.